The summed E-state index contributed by atoms with van der Waals surface area (Å²) in [5.41, 5.74) is 6.68. The van der Waals surface area contributed by atoms with Gasteiger partial charge in [-0.15, -0.1) is 11.3 Å². The van der Waals surface area contributed by atoms with Crippen LogP contribution < -0.4 is 5.56 Å². The number of ketones is 1. The molecule has 0 N–H and O–H groups in total. The monoisotopic (exact) mass is 499 g/mol. The third-order valence-electron chi connectivity index (χ3n) is 6.25. The summed E-state index contributed by atoms with van der Waals surface area (Å²) in [4.78, 5) is 36.9. The van der Waals surface area contributed by atoms with Gasteiger partial charge in [0.2, 0.25) is 0 Å². The SMILES string of the molecule is Cc1ccc(Cn2c(SCC(=O)c3cc(C)c(C)cc3C)nc3c(sc4ncccc43)c2=O)cc1. The fourth-order valence-corrected chi connectivity index (χ4v) is 6.04. The van der Waals surface area contributed by atoms with Crippen molar-refractivity contribution in [1.29, 1.82) is 0 Å². The maximum absolute atomic E-state index is 13.6. The van der Waals surface area contributed by atoms with Crippen molar-refractivity contribution in [1.82, 2.24) is 14.5 Å². The van der Waals surface area contributed by atoms with E-state index in [1.165, 1.54) is 28.7 Å². The molecule has 0 saturated heterocycles. The van der Waals surface area contributed by atoms with E-state index < -0.39 is 0 Å². The molecule has 35 heavy (non-hydrogen) atoms. The Morgan fingerprint density at radius 2 is 1.74 bits per heavy atom. The van der Waals surface area contributed by atoms with E-state index in [4.69, 9.17) is 4.98 Å². The second-order valence-corrected chi connectivity index (χ2v) is 10.8. The average molecular weight is 500 g/mol. The van der Waals surface area contributed by atoms with Crippen molar-refractivity contribution in [2.45, 2.75) is 39.4 Å². The third kappa shape index (κ3) is 4.54. The fourth-order valence-electron chi connectivity index (χ4n) is 4.14. The number of thioether (sulfide) groups is 1. The Labute approximate surface area is 211 Å². The Balaban J connectivity index is 1.57. The lowest BCUT2D eigenvalue weighted by Crippen LogP contribution is -2.23. The number of aryl methyl sites for hydroxylation is 4. The molecular weight excluding hydrogens is 474 g/mol. The molecule has 0 radical (unpaired) electrons. The van der Waals surface area contributed by atoms with Crippen LogP contribution in [0.2, 0.25) is 0 Å². The van der Waals surface area contributed by atoms with E-state index in [1.807, 2.05) is 70.2 Å². The predicted octanol–water partition coefficient (Wildman–Crippen LogP) is 6.26. The van der Waals surface area contributed by atoms with Gasteiger partial charge in [0.15, 0.2) is 10.9 Å². The third-order valence-corrected chi connectivity index (χ3v) is 8.32. The molecule has 0 atom stereocenters. The van der Waals surface area contributed by atoms with Crippen LogP contribution in [0.15, 0.2) is 64.7 Å². The fraction of sp³-hybridized carbons (Fsp3) is 0.214. The normalized spacial score (nSPS) is 11.4. The van der Waals surface area contributed by atoms with Crippen LogP contribution in [0, 0.1) is 27.7 Å². The molecule has 0 unspecified atom stereocenters. The van der Waals surface area contributed by atoms with Crippen molar-refractivity contribution >= 4 is 49.3 Å². The number of hydrogen-bond acceptors (Lipinski definition) is 6. The molecule has 5 aromatic rings. The lowest BCUT2D eigenvalue weighted by Gasteiger charge is -2.13. The van der Waals surface area contributed by atoms with Gasteiger partial charge in [0, 0.05) is 17.1 Å². The zero-order valence-corrected chi connectivity index (χ0v) is 21.7. The Hall–Kier alpha value is -3.29. The molecule has 0 amide bonds. The predicted molar refractivity (Wildman–Crippen MR) is 145 cm³/mol. The van der Waals surface area contributed by atoms with Gasteiger partial charge in [0.25, 0.3) is 5.56 Å². The quantitative estimate of drug-likeness (QED) is 0.157. The number of carbonyl (C=O) groups is 1. The zero-order chi connectivity index (χ0) is 24.7. The van der Waals surface area contributed by atoms with E-state index in [2.05, 4.69) is 11.1 Å². The highest BCUT2D eigenvalue weighted by atomic mass is 32.2. The maximum Gasteiger partial charge on any atom is 0.272 e. The lowest BCUT2D eigenvalue weighted by molar-refractivity contribution is 0.102. The molecule has 2 aromatic carbocycles. The van der Waals surface area contributed by atoms with E-state index in [9.17, 15) is 9.59 Å². The Morgan fingerprint density at radius 3 is 2.51 bits per heavy atom. The van der Waals surface area contributed by atoms with E-state index in [1.54, 1.807) is 10.8 Å². The minimum atomic E-state index is -0.101. The zero-order valence-electron chi connectivity index (χ0n) is 20.1. The molecule has 0 spiro atoms. The van der Waals surface area contributed by atoms with Gasteiger partial charge in [-0.3, -0.25) is 14.2 Å². The first-order valence-corrected chi connectivity index (χ1v) is 13.2. The number of thiophene rings is 1. The van der Waals surface area contributed by atoms with Crippen molar-refractivity contribution in [3.8, 4) is 0 Å². The van der Waals surface area contributed by atoms with E-state index in [-0.39, 0.29) is 17.1 Å². The molecule has 0 saturated carbocycles. The topological polar surface area (TPSA) is 64.8 Å². The molecule has 0 fully saturated rings. The Morgan fingerprint density at radius 1 is 1.00 bits per heavy atom. The molecule has 0 aliphatic heterocycles. The number of hydrogen-bond donors (Lipinski definition) is 0. The summed E-state index contributed by atoms with van der Waals surface area (Å²) in [5, 5.41) is 1.41. The van der Waals surface area contributed by atoms with E-state index >= 15 is 0 Å². The molecule has 0 bridgehead atoms. The molecule has 7 heteroatoms. The minimum absolute atomic E-state index is 0.0312. The molecule has 176 valence electrons. The van der Waals surface area contributed by atoms with Crippen LogP contribution >= 0.6 is 23.1 Å². The number of rotatable bonds is 6. The number of pyridine rings is 1. The first kappa shape index (κ1) is 23.5. The van der Waals surface area contributed by atoms with Crippen LogP contribution in [0.5, 0.6) is 0 Å². The van der Waals surface area contributed by atoms with Crippen molar-refractivity contribution in [2.24, 2.45) is 0 Å². The number of benzene rings is 2. The molecule has 5 nitrogen and oxygen atoms in total. The second kappa shape index (κ2) is 9.40. The van der Waals surface area contributed by atoms with Gasteiger partial charge in [-0.1, -0.05) is 47.7 Å². The standard InChI is InChI=1S/C28H25N3O2S2/c1-16-7-9-20(10-8-16)14-31-27(33)25-24(21-6-5-11-29-26(21)35-25)30-28(31)34-15-23(32)22-13-18(3)17(2)12-19(22)4/h5-13H,14-15H2,1-4H3. The number of aromatic nitrogens is 3. The van der Waals surface area contributed by atoms with Gasteiger partial charge in [-0.25, -0.2) is 9.97 Å². The van der Waals surface area contributed by atoms with Crippen molar-refractivity contribution < 1.29 is 4.79 Å². The average Bonchev–Trinajstić information content (AvgIpc) is 3.22. The van der Waals surface area contributed by atoms with Crippen LogP contribution in [0.25, 0.3) is 20.4 Å². The molecule has 0 aliphatic carbocycles. The van der Waals surface area contributed by atoms with Gasteiger partial charge in [-0.05, 0) is 68.1 Å². The summed E-state index contributed by atoms with van der Waals surface area (Å²) in [6.45, 7) is 8.46. The summed E-state index contributed by atoms with van der Waals surface area (Å²) in [6.07, 6.45) is 1.72. The summed E-state index contributed by atoms with van der Waals surface area (Å²) in [7, 11) is 0. The minimum Gasteiger partial charge on any atom is -0.293 e. The Bertz CT molecular complexity index is 1650. The van der Waals surface area contributed by atoms with Crippen molar-refractivity contribution in [3.63, 3.8) is 0 Å². The Kier molecular flexibility index (Phi) is 6.30. The van der Waals surface area contributed by atoms with Crippen LogP contribution in [-0.2, 0) is 6.54 Å². The highest BCUT2D eigenvalue weighted by Crippen LogP contribution is 2.31. The second-order valence-electron chi connectivity index (χ2n) is 8.87. The van der Waals surface area contributed by atoms with Gasteiger partial charge in [0.05, 0.1) is 17.8 Å². The van der Waals surface area contributed by atoms with Gasteiger partial charge >= 0.3 is 0 Å². The van der Waals surface area contributed by atoms with Gasteiger partial charge < -0.3 is 0 Å². The number of carbonyl (C=O) groups excluding carboxylic acids is 1. The maximum atomic E-state index is 13.6. The van der Waals surface area contributed by atoms with Crippen LogP contribution in [0.4, 0.5) is 0 Å². The van der Waals surface area contributed by atoms with E-state index in [0.29, 0.717) is 21.9 Å². The molecule has 5 rings (SSSR count). The number of Topliss-reactive ketones (excluding diaryl/α,β-unsaturated/α-hetero) is 1. The van der Waals surface area contributed by atoms with Crippen molar-refractivity contribution in [3.05, 3.63) is 98.5 Å². The summed E-state index contributed by atoms with van der Waals surface area (Å²) < 4.78 is 2.28. The number of nitrogens with zero attached hydrogens (tertiary/aromatic N) is 3. The molecule has 3 aromatic heterocycles. The van der Waals surface area contributed by atoms with E-state index in [0.717, 1.165) is 38.0 Å². The van der Waals surface area contributed by atoms with Crippen LogP contribution in [0.1, 0.15) is 38.2 Å². The van der Waals surface area contributed by atoms with Crippen molar-refractivity contribution in [2.75, 3.05) is 5.75 Å². The molecule has 3 heterocycles. The largest absolute Gasteiger partial charge is 0.293 e. The smallest absolute Gasteiger partial charge is 0.272 e. The lowest BCUT2D eigenvalue weighted by atomic mass is 9.99. The summed E-state index contributed by atoms with van der Waals surface area (Å²) in [6, 6.07) is 15.9. The van der Waals surface area contributed by atoms with Gasteiger partial charge in [-0.2, -0.15) is 0 Å². The first-order valence-electron chi connectivity index (χ1n) is 11.4. The highest BCUT2D eigenvalue weighted by Gasteiger charge is 2.19. The first-order chi connectivity index (χ1) is 16.8. The highest BCUT2D eigenvalue weighted by molar-refractivity contribution is 7.99. The summed E-state index contributed by atoms with van der Waals surface area (Å²) >= 11 is 2.69. The van der Waals surface area contributed by atoms with Crippen LogP contribution in [-0.4, -0.2) is 26.1 Å². The molecular formula is C28H25N3O2S2. The van der Waals surface area contributed by atoms with Gasteiger partial charge in [0.1, 0.15) is 9.53 Å². The summed E-state index contributed by atoms with van der Waals surface area (Å²) in [5.74, 6) is 0.235. The molecule has 0 aliphatic rings. The van der Waals surface area contributed by atoms with Crippen LogP contribution in [0.3, 0.4) is 0 Å². The number of fused-ring (bicyclic) bond motifs is 3.